The van der Waals surface area contributed by atoms with Gasteiger partial charge in [-0.25, -0.2) is 9.50 Å². The lowest BCUT2D eigenvalue weighted by Gasteiger charge is -2.22. The standard InChI is InChI=1S/C21H19N7S/c22-9-16-10-26-28-13-15(8-19(21(16)28)29-20-5-1-2-7-24-20)17-11-25-27(14-17)18-4-3-6-23-12-18/h1-2,5,7-8,10-11,13-14,18,23H,3-4,6,12H2. The second-order valence-corrected chi connectivity index (χ2v) is 8.10. The van der Waals surface area contributed by atoms with Gasteiger partial charge in [0, 0.05) is 41.2 Å². The van der Waals surface area contributed by atoms with E-state index in [4.69, 9.17) is 0 Å². The average Bonchev–Trinajstić information content (AvgIpc) is 3.42. The minimum absolute atomic E-state index is 0.387. The first kappa shape index (κ1) is 17.9. The van der Waals surface area contributed by atoms with E-state index < -0.39 is 0 Å². The van der Waals surface area contributed by atoms with Crippen LogP contribution in [0.25, 0.3) is 16.6 Å². The molecule has 4 aromatic heterocycles. The second kappa shape index (κ2) is 7.70. The fourth-order valence-electron chi connectivity index (χ4n) is 3.67. The summed E-state index contributed by atoms with van der Waals surface area (Å²) in [7, 11) is 0. The van der Waals surface area contributed by atoms with Crippen LogP contribution in [0.4, 0.5) is 0 Å². The Bertz CT molecular complexity index is 1180. The van der Waals surface area contributed by atoms with Crippen molar-refractivity contribution in [2.75, 3.05) is 13.1 Å². The maximum Gasteiger partial charge on any atom is 0.103 e. The van der Waals surface area contributed by atoms with Gasteiger partial charge in [-0.15, -0.1) is 0 Å². The number of pyridine rings is 2. The summed E-state index contributed by atoms with van der Waals surface area (Å²) in [6.07, 6.45) is 11.6. The summed E-state index contributed by atoms with van der Waals surface area (Å²) < 4.78 is 3.83. The third kappa shape index (κ3) is 3.50. The fourth-order valence-corrected chi connectivity index (χ4v) is 4.64. The maximum absolute atomic E-state index is 9.50. The first-order valence-electron chi connectivity index (χ1n) is 9.57. The Hall–Kier alpha value is -3.15. The largest absolute Gasteiger partial charge is 0.315 e. The van der Waals surface area contributed by atoms with Crippen molar-refractivity contribution in [3.05, 3.63) is 60.8 Å². The van der Waals surface area contributed by atoms with E-state index >= 15 is 0 Å². The minimum Gasteiger partial charge on any atom is -0.315 e. The molecule has 1 unspecified atom stereocenters. The summed E-state index contributed by atoms with van der Waals surface area (Å²) >= 11 is 1.53. The summed E-state index contributed by atoms with van der Waals surface area (Å²) in [5, 5.41) is 22.8. The Balaban J connectivity index is 1.56. The first-order valence-corrected chi connectivity index (χ1v) is 10.4. The number of nitriles is 1. The predicted molar refractivity (Wildman–Crippen MR) is 111 cm³/mol. The summed E-state index contributed by atoms with van der Waals surface area (Å²) in [4.78, 5) is 5.36. The van der Waals surface area contributed by atoms with E-state index in [1.165, 1.54) is 18.2 Å². The molecule has 8 heteroatoms. The number of rotatable bonds is 4. The Labute approximate surface area is 172 Å². The van der Waals surface area contributed by atoms with Crippen molar-refractivity contribution in [1.29, 1.82) is 5.26 Å². The molecule has 0 aliphatic carbocycles. The molecule has 0 amide bonds. The lowest BCUT2D eigenvalue weighted by Crippen LogP contribution is -2.31. The molecular weight excluding hydrogens is 382 g/mol. The van der Waals surface area contributed by atoms with Crippen molar-refractivity contribution >= 4 is 17.3 Å². The Morgan fingerprint density at radius 2 is 2.14 bits per heavy atom. The van der Waals surface area contributed by atoms with E-state index in [0.717, 1.165) is 46.1 Å². The lowest BCUT2D eigenvalue weighted by atomic mass is 10.1. The highest BCUT2D eigenvalue weighted by Gasteiger charge is 2.18. The molecule has 0 bridgehead atoms. The molecule has 144 valence electrons. The Morgan fingerprint density at radius 3 is 2.93 bits per heavy atom. The number of aromatic nitrogens is 5. The number of nitrogens with one attached hydrogen (secondary N) is 1. The number of piperidine rings is 1. The van der Waals surface area contributed by atoms with E-state index in [1.54, 1.807) is 16.9 Å². The first-order chi connectivity index (χ1) is 14.3. The van der Waals surface area contributed by atoms with Crippen molar-refractivity contribution in [3.8, 4) is 17.2 Å². The predicted octanol–water partition coefficient (Wildman–Crippen LogP) is 3.54. The van der Waals surface area contributed by atoms with Gasteiger partial charge < -0.3 is 5.32 Å². The van der Waals surface area contributed by atoms with Crippen molar-refractivity contribution in [3.63, 3.8) is 0 Å². The highest BCUT2D eigenvalue weighted by molar-refractivity contribution is 7.99. The maximum atomic E-state index is 9.50. The summed E-state index contributed by atoms with van der Waals surface area (Å²) in [5.74, 6) is 0. The van der Waals surface area contributed by atoms with Crippen LogP contribution < -0.4 is 5.32 Å². The average molecular weight is 401 g/mol. The van der Waals surface area contributed by atoms with Crippen LogP contribution in [0, 0.1) is 11.3 Å². The van der Waals surface area contributed by atoms with E-state index in [9.17, 15) is 5.26 Å². The van der Waals surface area contributed by atoms with E-state index in [1.807, 2.05) is 30.6 Å². The highest BCUT2D eigenvalue weighted by Crippen LogP contribution is 2.35. The SMILES string of the molecule is N#Cc1cnn2cc(-c3cnn(C4CCCNC4)c3)cc(Sc3ccccn3)c12. The normalized spacial score (nSPS) is 16.7. The molecule has 1 atom stereocenters. The Kier molecular flexibility index (Phi) is 4.76. The van der Waals surface area contributed by atoms with Crippen molar-refractivity contribution < 1.29 is 0 Å². The van der Waals surface area contributed by atoms with Crippen molar-refractivity contribution in [2.45, 2.75) is 28.8 Å². The van der Waals surface area contributed by atoms with Gasteiger partial charge in [-0.1, -0.05) is 17.8 Å². The molecule has 0 spiro atoms. The van der Waals surface area contributed by atoms with Crippen LogP contribution in [0.15, 0.2) is 65.2 Å². The molecule has 1 aliphatic heterocycles. The number of hydrogen-bond acceptors (Lipinski definition) is 6. The Morgan fingerprint density at radius 1 is 1.17 bits per heavy atom. The zero-order chi connectivity index (χ0) is 19.6. The molecule has 1 fully saturated rings. The molecule has 1 aliphatic rings. The fraction of sp³-hybridized carbons (Fsp3) is 0.238. The quantitative estimate of drug-likeness (QED) is 0.563. The van der Waals surface area contributed by atoms with Crippen LogP contribution in [-0.2, 0) is 0 Å². The molecule has 5 rings (SSSR count). The van der Waals surface area contributed by atoms with Gasteiger partial charge in [0.1, 0.15) is 11.1 Å². The van der Waals surface area contributed by atoms with Gasteiger partial charge in [-0.3, -0.25) is 4.68 Å². The smallest absolute Gasteiger partial charge is 0.103 e. The number of fused-ring (bicyclic) bond motifs is 1. The zero-order valence-electron chi connectivity index (χ0n) is 15.7. The van der Waals surface area contributed by atoms with Crippen LogP contribution in [0.3, 0.4) is 0 Å². The summed E-state index contributed by atoms with van der Waals surface area (Å²) in [6.45, 7) is 2.03. The summed E-state index contributed by atoms with van der Waals surface area (Å²) in [5.41, 5.74) is 3.41. The molecule has 4 aromatic rings. The molecule has 7 nitrogen and oxygen atoms in total. The van der Waals surface area contributed by atoms with Crippen LogP contribution in [0.2, 0.25) is 0 Å². The molecule has 0 saturated carbocycles. The van der Waals surface area contributed by atoms with E-state index in [-0.39, 0.29) is 0 Å². The highest BCUT2D eigenvalue weighted by atomic mass is 32.2. The van der Waals surface area contributed by atoms with Crippen LogP contribution in [0.5, 0.6) is 0 Å². The molecule has 0 radical (unpaired) electrons. The molecular formula is C21H19N7S. The van der Waals surface area contributed by atoms with Gasteiger partial charge in [-0.05, 0) is 37.6 Å². The minimum atomic E-state index is 0.387. The molecule has 0 aromatic carbocycles. The van der Waals surface area contributed by atoms with Gasteiger partial charge in [0.05, 0.1) is 29.5 Å². The third-order valence-corrected chi connectivity index (χ3v) is 6.11. The third-order valence-electron chi connectivity index (χ3n) is 5.13. The summed E-state index contributed by atoms with van der Waals surface area (Å²) in [6, 6.07) is 10.5. The van der Waals surface area contributed by atoms with Crippen LogP contribution in [0.1, 0.15) is 24.4 Å². The molecule has 1 N–H and O–H groups in total. The van der Waals surface area contributed by atoms with Gasteiger partial charge in [-0.2, -0.15) is 15.5 Å². The number of hydrogen-bond donors (Lipinski definition) is 1. The van der Waals surface area contributed by atoms with Gasteiger partial charge in [0.25, 0.3) is 0 Å². The molecule has 1 saturated heterocycles. The van der Waals surface area contributed by atoms with Gasteiger partial charge in [0.15, 0.2) is 0 Å². The van der Waals surface area contributed by atoms with E-state index in [0.29, 0.717) is 11.6 Å². The lowest BCUT2D eigenvalue weighted by molar-refractivity contribution is 0.347. The molecule has 29 heavy (non-hydrogen) atoms. The van der Waals surface area contributed by atoms with Gasteiger partial charge in [0.2, 0.25) is 0 Å². The zero-order valence-corrected chi connectivity index (χ0v) is 16.5. The van der Waals surface area contributed by atoms with Gasteiger partial charge >= 0.3 is 0 Å². The number of nitrogens with zero attached hydrogens (tertiary/aromatic N) is 6. The van der Waals surface area contributed by atoms with Crippen molar-refractivity contribution in [1.82, 2.24) is 29.7 Å². The second-order valence-electron chi connectivity index (χ2n) is 7.04. The topological polar surface area (TPSA) is 83.8 Å². The molecule has 5 heterocycles. The van der Waals surface area contributed by atoms with Crippen molar-refractivity contribution in [2.24, 2.45) is 0 Å². The monoisotopic (exact) mass is 401 g/mol. The van der Waals surface area contributed by atoms with Crippen LogP contribution in [-0.4, -0.2) is 37.5 Å². The van der Waals surface area contributed by atoms with E-state index in [2.05, 4.69) is 43.5 Å². The van der Waals surface area contributed by atoms with Crippen LogP contribution >= 0.6 is 11.8 Å².